The normalized spacial score (nSPS) is 17.7. The third-order valence-electron chi connectivity index (χ3n) is 8.77. The van der Waals surface area contributed by atoms with Crippen LogP contribution in [0.3, 0.4) is 0 Å². The average molecular weight is 647 g/mol. The van der Waals surface area contributed by atoms with Crippen LogP contribution >= 0.6 is 0 Å². The van der Waals surface area contributed by atoms with Gasteiger partial charge in [-0.3, -0.25) is 9.59 Å². The van der Waals surface area contributed by atoms with E-state index in [2.05, 4.69) is 11.4 Å². The zero-order valence-corrected chi connectivity index (χ0v) is 26.8. The third-order valence-corrected chi connectivity index (χ3v) is 8.77. The quantitative estimate of drug-likeness (QED) is 0.183. The van der Waals surface area contributed by atoms with E-state index in [1.165, 1.54) is 5.01 Å². The number of urea groups is 1. The maximum atomic E-state index is 14.3. The van der Waals surface area contributed by atoms with Crippen molar-refractivity contribution in [2.75, 3.05) is 40.0 Å². The maximum Gasteiger partial charge on any atom is 0.333 e. The number of amides is 4. The molecule has 0 saturated carbocycles. The van der Waals surface area contributed by atoms with Crippen molar-refractivity contribution in [2.24, 2.45) is 0 Å². The molecule has 0 unspecified atom stereocenters. The summed E-state index contributed by atoms with van der Waals surface area (Å²) in [5, 5.41) is 17.7. The lowest BCUT2D eigenvalue weighted by Crippen LogP contribution is -2.66. The van der Waals surface area contributed by atoms with Gasteiger partial charge in [-0.25, -0.2) is 9.80 Å². The summed E-state index contributed by atoms with van der Waals surface area (Å²) in [5.41, 5.74) is 2.75. The molecule has 2 fully saturated rings. The highest BCUT2D eigenvalue weighted by atomic mass is 16.5. The third kappa shape index (κ3) is 7.10. The van der Waals surface area contributed by atoms with Crippen LogP contribution in [0.1, 0.15) is 16.7 Å². The number of rotatable bonds is 12. The van der Waals surface area contributed by atoms with E-state index in [0.717, 1.165) is 27.5 Å². The Labute approximate surface area is 279 Å². The van der Waals surface area contributed by atoms with Gasteiger partial charge in [0.1, 0.15) is 31.1 Å². The zero-order valence-electron chi connectivity index (χ0n) is 26.8. The number of ether oxygens (including phenoxy) is 2. The molecule has 2 heterocycles. The monoisotopic (exact) mass is 646 g/mol. The number of fused-ring (bicyclic) bond motifs is 2. The van der Waals surface area contributed by atoms with E-state index < -0.39 is 18.2 Å². The number of carbonyl (C=O) groups excluding carboxylic acids is 3. The summed E-state index contributed by atoms with van der Waals surface area (Å²) in [6, 6.07) is 31.8. The molecular formula is C37H38N6O5. The fourth-order valence-electron chi connectivity index (χ4n) is 6.43. The fourth-order valence-corrected chi connectivity index (χ4v) is 6.43. The van der Waals surface area contributed by atoms with Gasteiger partial charge in [-0.2, -0.15) is 10.3 Å². The second kappa shape index (κ2) is 15.0. The minimum atomic E-state index is -0.812. The van der Waals surface area contributed by atoms with Crippen molar-refractivity contribution in [1.29, 1.82) is 5.26 Å². The first kappa shape index (κ1) is 32.5. The first-order valence-corrected chi connectivity index (χ1v) is 16.0. The molecule has 4 aromatic rings. The van der Waals surface area contributed by atoms with Gasteiger partial charge in [0.05, 0.1) is 25.8 Å². The molecule has 2 aliphatic rings. The molecule has 11 nitrogen and oxygen atoms in total. The molecule has 0 aromatic heterocycles. The van der Waals surface area contributed by atoms with Crippen LogP contribution in [0.2, 0.25) is 0 Å². The standard InChI is InChI=1S/C37H38N6O5/c1-47-20-21-48-31-16-14-27(15-17-31)22-33-36(45)40(24-30-12-7-11-29-10-5-6-13-32(29)30)25-34-42(26-35(44)43(33)34)41(19-18-38)37(46)39-23-28-8-3-2-4-9-28/h2-17,33-34H,19-26H2,1H3,(H,39,46)/t33-,34+/m0/s1. The second-order valence-corrected chi connectivity index (χ2v) is 11.8. The van der Waals surface area contributed by atoms with E-state index in [4.69, 9.17) is 9.47 Å². The molecule has 2 aliphatic heterocycles. The molecule has 2 atom stereocenters. The molecular weight excluding hydrogens is 608 g/mol. The van der Waals surface area contributed by atoms with Crippen molar-refractivity contribution < 1.29 is 23.9 Å². The van der Waals surface area contributed by atoms with Crippen LogP contribution in [0.5, 0.6) is 5.75 Å². The predicted molar refractivity (Wildman–Crippen MR) is 179 cm³/mol. The van der Waals surface area contributed by atoms with Crippen molar-refractivity contribution in [1.82, 2.24) is 25.1 Å². The van der Waals surface area contributed by atoms with Gasteiger partial charge in [-0.1, -0.05) is 84.9 Å². The summed E-state index contributed by atoms with van der Waals surface area (Å²) < 4.78 is 10.8. The van der Waals surface area contributed by atoms with Crippen molar-refractivity contribution in [3.8, 4) is 11.8 Å². The van der Waals surface area contributed by atoms with E-state index in [-0.39, 0.29) is 44.4 Å². The van der Waals surface area contributed by atoms with Crippen LogP contribution < -0.4 is 10.1 Å². The molecule has 48 heavy (non-hydrogen) atoms. The van der Waals surface area contributed by atoms with Gasteiger partial charge in [0.15, 0.2) is 0 Å². The number of piperazine rings is 1. The summed E-state index contributed by atoms with van der Waals surface area (Å²) in [4.78, 5) is 45.0. The molecule has 2 saturated heterocycles. The number of carbonyl (C=O) groups is 3. The van der Waals surface area contributed by atoms with Crippen LogP contribution in [-0.4, -0.2) is 89.8 Å². The second-order valence-electron chi connectivity index (χ2n) is 11.8. The van der Waals surface area contributed by atoms with Crippen LogP contribution in [0.4, 0.5) is 4.79 Å². The Morgan fingerprint density at radius 3 is 2.46 bits per heavy atom. The van der Waals surface area contributed by atoms with Gasteiger partial charge in [0.2, 0.25) is 11.8 Å². The van der Waals surface area contributed by atoms with E-state index in [0.29, 0.717) is 25.5 Å². The highest BCUT2D eigenvalue weighted by molar-refractivity contribution is 5.92. The number of nitrogens with one attached hydrogen (secondary N) is 1. The largest absolute Gasteiger partial charge is 0.491 e. The van der Waals surface area contributed by atoms with Crippen LogP contribution in [0.25, 0.3) is 10.8 Å². The SMILES string of the molecule is COCCOc1ccc(C[C@H]2C(=O)N(Cc3cccc4ccccc34)C[C@H]3N2C(=O)CN3N(CC#N)C(=O)NCc2ccccc2)cc1. The lowest BCUT2D eigenvalue weighted by Gasteiger charge is -2.46. The van der Waals surface area contributed by atoms with E-state index >= 15 is 0 Å². The van der Waals surface area contributed by atoms with Gasteiger partial charge in [-0.15, -0.1) is 0 Å². The van der Waals surface area contributed by atoms with Crippen molar-refractivity contribution in [2.45, 2.75) is 31.7 Å². The lowest BCUT2D eigenvalue weighted by molar-refractivity contribution is -0.157. The Kier molecular flexibility index (Phi) is 10.1. The minimum absolute atomic E-state index is 0.136. The fraction of sp³-hybridized carbons (Fsp3) is 0.297. The molecule has 0 radical (unpaired) electrons. The smallest absolute Gasteiger partial charge is 0.333 e. The van der Waals surface area contributed by atoms with Crippen LogP contribution in [0, 0.1) is 11.3 Å². The zero-order chi connectivity index (χ0) is 33.5. The van der Waals surface area contributed by atoms with Crippen molar-refractivity contribution in [3.05, 3.63) is 114 Å². The summed E-state index contributed by atoms with van der Waals surface area (Å²) in [6.07, 6.45) is -0.375. The Balaban J connectivity index is 1.29. The minimum Gasteiger partial charge on any atom is -0.491 e. The van der Waals surface area contributed by atoms with Crippen molar-refractivity contribution >= 4 is 28.6 Å². The molecule has 246 valence electrons. The van der Waals surface area contributed by atoms with Gasteiger partial charge in [0.25, 0.3) is 0 Å². The Bertz CT molecular complexity index is 1790. The number of nitriles is 1. The van der Waals surface area contributed by atoms with Crippen molar-refractivity contribution in [3.63, 3.8) is 0 Å². The molecule has 4 amide bonds. The Morgan fingerprint density at radius 1 is 0.938 bits per heavy atom. The Hall–Kier alpha value is -5.44. The summed E-state index contributed by atoms with van der Waals surface area (Å²) >= 11 is 0. The highest BCUT2D eigenvalue weighted by Crippen LogP contribution is 2.31. The molecule has 0 bridgehead atoms. The van der Waals surface area contributed by atoms with Gasteiger partial charge in [0, 0.05) is 26.6 Å². The summed E-state index contributed by atoms with van der Waals surface area (Å²) in [5.74, 6) is 0.231. The molecule has 0 aliphatic carbocycles. The van der Waals surface area contributed by atoms with Gasteiger partial charge < -0.3 is 24.6 Å². The summed E-state index contributed by atoms with van der Waals surface area (Å²) in [6.45, 7) is 1.24. The van der Waals surface area contributed by atoms with Crippen LogP contribution in [0.15, 0.2) is 97.1 Å². The van der Waals surface area contributed by atoms with E-state index in [9.17, 15) is 19.6 Å². The van der Waals surface area contributed by atoms with Gasteiger partial charge in [-0.05, 0) is 39.6 Å². The molecule has 1 N–H and O–H groups in total. The lowest BCUT2D eigenvalue weighted by atomic mass is 9.99. The predicted octanol–water partition coefficient (Wildman–Crippen LogP) is 3.94. The molecule has 4 aromatic carbocycles. The summed E-state index contributed by atoms with van der Waals surface area (Å²) in [7, 11) is 1.61. The topological polar surface area (TPSA) is 118 Å². The Morgan fingerprint density at radius 2 is 1.69 bits per heavy atom. The number of methoxy groups -OCH3 is 1. The first-order valence-electron chi connectivity index (χ1n) is 16.0. The van der Waals surface area contributed by atoms with E-state index in [1.54, 1.807) is 21.9 Å². The number of benzene rings is 4. The first-order chi connectivity index (χ1) is 23.5. The van der Waals surface area contributed by atoms with Crippen LogP contribution in [-0.2, 0) is 33.8 Å². The average Bonchev–Trinajstić information content (AvgIpc) is 3.44. The van der Waals surface area contributed by atoms with E-state index in [1.807, 2.05) is 97.1 Å². The molecule has 0 spiro atoms. The maximum absolute atomic E-state index is 14.3. The van der Waals surface area contributed by atoms with Gasteiger partial charge >= 0.3 is 6.03 Å². The number of hydrazine groups is 1. The highest BCUT2D eigenvalue weighted by Gasteiger charge is 2.52. The number of nitrogens with zero attached hydrogens (tertiary/aromatic N) is 5. The molecule has 6 rings (SSSR count). The number of hydrogen-bond acceptors (Lipinski definition) is 7. The number of hydrogen-bond donors (Lipinski definition) is 1. The molecule has 11 heteroatoms.